The van der Waals surface area contributed by atoms with Gasteiger partial charge in [0.25, 0.3) is 0 Å². The zero-order chi connectivity index (χ0) is 13.1. The van der Waals surface area contributed by atoms with Crippen LogP contribution in [0.5, 0.6) is 0 Å². The molecule has 0 saturated heterocycles. The second kappa shape index (κ2) is 5.03. The zero-order valence-corrected chi connectivity index (χ0v) is 10.3. The summed E-state index contributed by atoms with van der Waals surface area (Å²) in [5, 5.41) is 12.0. The minimum Gasteiger partial charge on any atom is -0.340 e. The minimum atomic E-state index is -0.342. The molecule has 1 heterocycles. The van der Waals surface area contributed by atoms with Gasteiger partial charge in [0.15, 0.2) is 0 Å². The Labute approximate surface area is 109 Å². The standard InChI is InChI=1S/C13H9ClFN3/c1-8-2-3-10(15)6-11(8)17-13-5-9(7-16)4-12(14)18-13/h2-6H,1H3,(H,17,18). The SMILES string of the molecule is Cc1ccc(F)cc1Nc1cc(C#N)cc(Cl)n1. The van der Waals surface area contributed by atoms with Gasteiger partial charge in [-0.05, 0) is 36.8 Å². The summed E-state index contributed by atoms with van der Waals surface area (Å²) in [6.07, 6.45) is 0. The molecule has 1 aromatic carbocycles. The summed E-state index contributed by atoms with van der Waals surface area (Å²) in [6.45, 7) is 1.84. The van der Waals surface area contributed by atoms with Gasteiger partial charge in [0.05, 0.1) is 11.6 Å². The Hall–Kier alpha value is -2.12. The lowest BCUT2D eigenvalue weighted by Gasteiger charge is -2.09. The number of nitriles is 1. The van der Waals surface area contributed by atoms with Crippen LogP contribution in [0.2, 0.25) is 5.15 Å². The van der Waals surface area contributed by atoms with Gasteiger partial charge in [-0.15, -0.1) is 0 Å². The molecule has 0 saturated carbocycles. The molecule has 0 fully saturated rings. The number of hydrogen-bond acceptors (Lipinski definition) is 3. The van der Waals surface area contributed by atoms with Crippen LogP contribution >= 0.6 is 11.6 Å². The number of hydrogen-bond donors (Lipinski definition) is 1. The highest BCUT2D eigenvalue weighted by Crippen LogP contribution is 2.22. The molecular formula is C13H9ClFN3. The summed E-state index contributed by atoms with van der Waals surface area (Å²) < 4.78 is 13.1. The van der Waals surface area contributed by atoms with Crippen LogP contribution in [0.4, 0.5) is 15.9 Å². The number of nitrogens with zero attached hydrogens (tertiary/aromatic N) is 2. The Bertz CT molecular complexity index is 635. The van der Waals surface area contributed by atoms with Crippen LogP contribution in [0.25, 0.3) is 0 Å². The van der Waals surface area contributed by atoms with E-state index in [0.29, 0.717) is 17.1 Å². The molecule has 0 amide bonds. The number of anilines is 2. The van der Waals surface area contributed by atoms with Crippen LogP contribution in [-0.2, 0) is 0 Å². The number of rotatable bonds is 2. The van der Waals surface area contributed by atoms with E-state index in [4.69, 9.17) is 16.9 Å². The van der Waals surface area contributed by atoms with Gasteiger partial charge in [0.2, 0.25) is 0 Å². The van der Waals surface area contributed by atoms with E-state index in [-0.39, 0.29) is 11.0 Å². The molecule has 0 aliphatic heterocycles. The zero-order valence-electron chi connectivity index (χ0n) is 9.54. The van der Waals surface area contributed by atoms with Gasteiger partial charge in [-0.1, -0.05) is 17.7 Å². The summed E-state index contributed by atoms with van der Waals surface area (Å²) in [4.78, 5) is 4.03. The molecule has 0 aliphatic carbocycles. The Kier molecular flexibility index (Phi) is 3.45. The quantitative estimate of drug-likeness (QED) is 0.837. The predicted molar refractivity (Wildman–Crippen MR) is 68.4 cm³/mol. The lowest BCUT2D eigenvalue weighted by Crippen LogP contribution is -1.97. The normalized spacial score (nSPS) is 9.89. The Balaban J connectivity index is 2.37. The van der Waals surface area contributed by atoms with Crippen LogP contribution in [0.1, 0.15) is 11.1 Å². The molecular weight excluding hydrogens is 253 g/mol. The van der Waals surface area contributed by atoms with Gasteiger partial charge in [-0.25, -0.2) is 9.37 Å². The Morgan fingerprint density at radius 3 is 2.83 bits per heavy atom. The van der Waals surface area contributed by atoms with Gasteiger partial charge in [-0.2, -0.15) is 5.26 Å². The first kappa shape index (κ1) is 12.3. The van der Waals surface area contributed by atoms with E-state index in [1.165, 1.54) is 18.2 Å². The third-order valence-electron chi connectivity index (χ3n) is 2.39. The predicted octanol–water partition coefficient (Wildman–Crippen LogP) is 3.80. The van der Waals surface area contributed by atoms with E-state index in [0.717, 1.165) is 5.56 Å². The van der Waals surface area contributed by atoms with Gasteiger partial charge >= 0.3 is 0 Å². The molecule has 90 valence electrons. The highest BCUT2D eigenvalue weighted by atomic mass is 35.5. The average molecular weight is 262 g/mol. The third-order valence-corrected chi connectivity index (χ3v) is 2.58. The lowest BCUT2D eigenvalue weighted by atomic mass is 10.2. The molecule has 18 heavy (non-hydrogen) atoms. The molecule has 2 aromatic rings. The number of pyridine rings is 1. The maximum atomic E-state index is 13.1. The molecule has 0 unspecified atom stereocenters. The Morgan fingerprint density at radius 1 is 1.33 bits per heavy atom. The maximum Gasteiger partial charge on any atom is 0.133 e. The van der Waals surface area contributed by atoms with E-state index < -0.39 is 0 Å². The first-order valence-corrected chi connectivity index (χ1v) is 5.57. The largest absolute Gasteiger partial charge is 0.340 e. The van der Waals surface area contributed by atoms with Crippen molar-refractivity contribution < 1.29 is 4.39 Å². The molecule has 0 atom stereocenters. The van der Waals surface area contributed by atoms with Gasteiger partial charge < -0.3 is 5.32 Å². The minimum absolute atomic E-state index is 0.214. The summed E-state index contributed by atoms with van der Waals surface area (Å²) in [6, 6.07) is 9.40. The van der Waals surface area contributed by atoms with Gasteiger partial charge in [-0.3, -0.25) is 0 Å². The van der Waals surface area contributed by atoms with E-state index in [1.807, 2.05) is 13.0 Å². The summed E-state index contributed by atoms with van der Waals surface area (Å²) in [7, 11) is 0. The highest BCUT2D eigenvalue weighted by molar-refractivity contribution is 6.29. The molecule has 1 N–H and O–H groups in total. The van der Waals surface area contributed by atoms with E-state index in [1.54, 1.807) is 12.1 Å². The monoisotopic (exact) mass is 261 g/mol. The molecule has 0 spiro atoms. The number of benzene rings is 1. The van der Waals surface area contributed by atoms with Crippen LogP contribution in [-0.4, -0.2) is 4.98 Å². The van der Waals surface area contributed by atoms with Crippen molar-refractivity contribution >= 4 is 23.1 Å². The number of aromatic nitrogens is 1. The summed E-state index contributed by atoms with van der Waals surface area (Å²) >= 11 is 5.79. The van der Waals surface area contributed by atoms with Gasteiger partial charge in [0.1, 0.15) is 16.8 Å². The number of aryl methyl sites for hydroxylation is 1. The van der Waals surface area contributed by atoms with E-state index in [2.05, 4.69) is 10.3 Å². The smallest absolute Gasteiger partial charge is 0.133 e. The fourth-order valence-electron chi connectivity index (χ4n) is 1.49. The second-order valence-corrected chi connectivity index (χ2v) is 4.15. The van der Waals surface area contributed by atoms with Crippen molar-refractivity contribution in [1.82, 2.24) is 4.98 Å². The molecule has 3 nitrogen and oxygen atoms in total. The molecule has 1 aromatic heterocycles. The number of nitrogens with one attached hydrogen (secondary N) is 1. The van der Waals surface area contributed by atoms with Crippen LogP contribution in [0.15, 0.2) is 30.3 Å². The van der Waals surface area contributed by atoms with Crippen molar-refractivity contribution in [2.45, 2.75) is 6.92 Å². The first-order valence-electron chi connectivity index (χ1n) is 5.19. The first-order chi connectivity index (χ1) is 8.58. The highest BCUT2D eigenvalue weighted by Gasteiger charge is 2.04. The average Bonchev–Trinajstić information content (AvgIpc) is 2.33. The van der Waals surface area contributed by atoms with Crippen molar-refractivity contribution in [3.8, 4) is 6.07 Å². The summed E-state index contributed by atoms with van der Waals surface area (Å²) in [5.74, 6) is 0.0679. The van der Waals surface area contributed by atoms with Crippen molar-refractivity contribution in [2.75, 3.05) is 5.32 Å². The molecule has 5 heteroatoms. The van der Waals surface area contributed by atoms with Crippen molar-refractivity contribution in [3.63, 3.8) is 0 Å². The van der Waals surface area contributed by atoms with Crippen LogP contribution in [0, 0.1) is 24.1 Å². The van der Waals surface area contributed by atoms with Gasteiger partial charge in [0, 0.05) is 5.69 Å². The van der Waals surface area contributed by atoms with Crippen LogP contribution < -0.4 is 5.32 Å². The van der Waals surface area contributed by atoms with E-state index >= 15 is 0 Å². The Morgan fingerprint density at radius 2 is 2.11 bits per heavy atom. The molecule has 0 bridgehead atoms. The van der Waals surface area contributed by atoms with Crippen molar-refractivity contribution in [3.05, 3.63) is 52.4 Å². The fraction of sp³-hybridized carbons (Fsp3) is 0.0769. The van der Waals surface area contributed by atoms with Crippen molar-refractivity contribution in [1.29, 1.82) is 5.26 Å². The molecule has 0 radical (unpaired) electrons. The number of halogens is 2. The topological polar surface area (TPSA) is 48.7 Å². The van der Waals surface area contributed by atoms with Crippen LogP contribution in [0.3, 0.4) is 0 Å². The van der Waals surface area contributed by atoms with E-state index in [9.17, 15) is 4.39 Å². The van der Waals surface area contributed by atoms with Crippen molar-refractivity contribution in [2.24, 2.45) is 0 Å². The molecule has 2 rings (SSSR count). The third kappa shape index (κ3) is 2.76. The lowest BCUT2D eigenvalue weighted by molar-refractivity contribution is 0.628. The molecule has 0 aliphatic rings. The maximum absolute atomic E-state index is 13.1. The fourth-order valence-corrected chi connectivity index (χ4v) is 1.70. The second-order valence-electron chi connectivity index (χ2n) is 3.76. The summed E-state index contributed by atoms with van der Waals surface area (Å²) in [5.41, 5.74) is 1.86.